The molecule has 1 aromatic rings. The molecule has 1 N–H and O–H groups in total. The zero-order valence-electron chi connectivity index (χ0n) is 13.0. The van der Waals surface area contributed by atoms with Gasteiger partial charge >= 0.3 is 0 Å². The molecular weight excluding hydrogens is 280 g/mol. The summed E-state index contributed by atoms with van der Waals surface area (Å²) in [7, 11) is 0. The van der Waals surface area contributed by atoms with Gasteiger partial charge in [0.1, 0.15) is 5.82 Å². The first-order chi connectivity index (χ1) is 10.8. The van der Waals surface area contributed by atoms with Crippen LogP contribution >= 0.6 is 0 Å². The molecule has 0 atom stereocenters. The summed E-state index contributed by atoms with van der Waals surface area (Å²) in [6.07, 6.45) is 8.77. The van der Waals surface area contributed by atoms with Crippen LogP contribution in [0.4, 0.5) is 11.8 Å². The number of nitrogens with one attached hydrogen (secondary N) is 1. The molecule has 3 fully saturated rings. The highest BCUT2D eigenvalue weighted by Crippen LogP contribution is 2.32. The highest BCUT2D eigenvalue weighted by atomic mass is 16.7. The Balaban J connectivity index is 1.40. The number of anilines is 2. The summed E-state index contributed by atoms with van der Waals surface area (Å²) in [6.45, 7) is 3.20. The van der Waals surface area contributed by atoms with Gasteiger partial charge in [-0.05, 0) is 18.9 Å². The van der Waals surface area contributed by atoms with E-state index in [1.165, 1.54) is 25.7 Å². The number of nitrogens with zero attached hydrogens (tertiary/aromatic N) is 3. The summed E-state index contributed by atoms with van der Waals surface area (Å²) in [6, 6.07) is 2.55. The largest absolute Gasteiger partial charge is 0.367 e. The molecule has 1 aliphatic carbocycles. The van der Waals surface area contributed by atoms with Crippen molar-refractivity contribution in [3.8, 4) is 0 Å². The molecule has 1 aromatic heterocycles. The second kappa shape index (κ2) is 6.01. The third-order valence-corrected chi connectivity index (χ3v) is 4.97. The fraction of sp³-hybridized carbons (Fsp3) is 0.750. The van der Waals surface area contributed by atoms with Gasteiger partial charge in [0.15, 0.2) is 5.79 Å². The van der Waals surface area contributed by atoms with E-state index in [4.69, 9.17) is 14.5 Å². The predicted octanol–water partition coefficient (Wildman–Crippen LogP) is 2.17. The Morgan fingerprint density at radius 2 is 1.86 bits per heavy atom. The third-order valence-electron chi connectivity index (χ3n) is 4.97. The van der Waals surface area contributed by atoms with Gasteiger partial charge in [-0.15, -0.1) is 0 Å². The minimum absolute atomic E-state index is 0.337. The molecule has 120 valence electrons. The Kier molecular flexibility index (Phi) is 3.88. The Labute approximate surface area is 131 Å². The first-order valence-corrected chi connectivity index (χ1v) is 8.45. The SMILES string of the molecule is c1cc(NC2CCCC2)nc(N2CCC3(CC2)OCCO3)n1. The summed E-state index contributed by atoms with van der Waals surface area (Å²) < 4.78 is 11.6. The summed E-state index contributed by atoms with van der Waals surface area (Å²) in [5, 5.41) is 3.54. The van der Waals surface area contributed by atoms with Crippen LogP contribution in [0.5, 0.6) is 0 Å². The van der Waals surface area contributed by atoms with E-state index in [1.807, 2.05) is 12.3 Å². The molecule has 0 amide bonds. The van der Waals surface area contributed by atoms with Crippen LogP contribution in [-0.4, -0.2) is 48.1 Å². The number of hydrogen-bond acceptors (Lipinski definition) is 6. The van der Waals surface area contributed by atoms with E-state index in [0.29, 0.717) is 6.04 Å². The molecule has 2 aliphatic heterocycles. The second-order valence-corrected chi connectivity index (χ2v) is 6.46. The van der Waals surface area contributed by atoms with E-state index in [2.05, 4.69) is 15.2 Å². The number of rotatable bonds is 3. The molecule has 22 heavy (non-hydrogen) atoms. The number of ether oxygens (including phenoxy) is 2. The van der Waals surface area contributed by atoms with Gasteiger partial charge in [0, 0.05) is 38.2 Å². The van der Waals surface area contributed by atoms with E-state index in [-0.39, 0.29) is 5.79 Å². The van der Waals surface area contributed by atoms with Crippen LogP contribution in [0.3, 0.4) is 0 Å². The van der Waals surface area contributed by atoms with Crippen molar-refractivity contribution in [2.45, 2.75) is 50.4 Å². The second-order valence-electron chi connectivity index (χ2n) is 6.46. The quantitative estimate of drug-likeness (QED) is 0.923. The summed E-state index contributed by atoms with van der Waals surface area (Å²) in [5.74, 6) is 1.43. The predicted molar refractivity (Wildman–Crippen MR) is 84.0 cm³/mol. The van der Waals surface area contributed by atoms with Gasteiger partial charge in [0.25, 0.3) is 0 Å². The van der Waals surface area contributed by atoms with Crippen molar-refractivity contribution in [3.05, 3.63) is 12.3 Å². The van der Waals surface area contributed by atoms with Crippen LogP contribution in [0, 0.1) is 0 Å². The summed E-state index contributed by atoms with van der Waals surface area (Å²) >= 11 is 0. The van der Waals surface area contributed by atoms with Gasteiger partial charge in [0.05, 0.1) is 13.2 Å². The van der Waals surface area contributed by atoms with Crippen LogP contribution in [-0.2, 0) is 9.47 Å². The van der Waals surface area contributed by atoms with Gasteiger partial charge in [-0.2, -0.15) is 4.98 Å². The fourth-order valence-corrected chi connectivity index (χ4v) is 3.69. The molecule has 4 rings (SSSR count). The van der Waals surface area contributed by atoms with Crippen molar-refractivity contribution < 1.29 is 9.47 Å². The van der Waals surface area contributed by atoms with Crippen molar-refractivity contribution in [3.63, 3.8) is 0 Å². The van der Waals surface area contributed by atoms with E-state index in [0.717, 1.165) is 50.9 Å². The molecule has 1 saturated carbocycles. The zero-order valence-corrected chi connectivity index (χ0v) is 13.0. The van der Waals surface area contributed by atoms with Crippen LogP contribution < -0.4 is 10.2 Å². The minimum Gasteiger partial charge on any atom is -0.367 e. The highest BCUT2D eigenvalue weighted by Gasteiger charge is 2.40. The molecule has 2 saturated heterocycles. The molecule has 1 spiro atoms. The molecular formula is C16H24N4O2. The lowest BCUT2D eigenvalue weighted by atomic mass is 10.0. The maximum atomic E-state index is 5.78. The topological polar surface area (TPSA) is 59.5 Å². The number of piperidine rings is 1. The molecule has 6 nitrogen and oxygen atoms in total. The smallest absolute Gasteiger partial charge is 0.227 e. The Morgan fingerprint density at radius 3 is 2.59 bits per heavy atom. The van der Waals surface area contributed by atoms with Gasteiger partial charge in [-0.25, -0.2) is 4.98 Å². The maximum Gasteiger partial charge on any atom is 0.227 e. The van der Waals surface area contributed by atoms with Gasteiger partial charge < -0.3 is 19.7 Å². The number of aromatic nitrogens is 2. The van der Waals surface area contributed by atoms with Crippen molar-refractivity contribution in [2.75, 3.05) is 36.5 Å². The zero-order chi connectivity index (χ0) is 14.8. The monoisotopic (exact) mass is 304 g/mol. The van der Waals surface area contributed by atoms with E-state index < -0.39 is 0 Å². The maximum absolute atomic E-state index is 5.78. The standard InChI is InChI=1S/C16H24N4O2/c1-2-4-13(3-1)18-14-5-8-17-15(19-14)20-9-6-16(7-10-20)21-11-12-22-16/h5,8,13H,1-4,6-7,9-12H2,(H,17,18,19). The summed E-state index contributed by atoms with van der Waals surface area (Å²) in [5.41, 5.74) is 0. The Hall–Kier alpha value is -1.40. The Bertz CT molecular complexity index is 503. The van der Waals surface area contributed by atoms with E-state index in [9.17, 15) is 0 Å². The first kappa shape index (κ1) is 14.2. The van der Waals surface area contributed by atoms with Crippen LogP contribution in [0.15, 0.2) is 12.3 Å². The molecule has 0 radical (unpaired) electrons. The lowest BCUT2D eigenvalue weighted by Crippen LogP contribution is -2.45. The van der Waals surface area contributed by atoms with Gasteiger partial charge in [-0.3, -0.25) is 0 Å². The average molecular weight is 304 g/mol. The summed E-state index contributed by atoms with van der Waals surface area (Å²) in [4.78, 5) is 11.4. The molecule has 3 aliphatic rings. The van der Waals surface area contributed by atoms with Crippen molar-refractivity contribution in [1.82, 2.24) is 9.97 Å². The van der Waals surface area contributed by atoms with Crippen LogP contribution in [0.25, 0.3) is 0 Å². The lowest BCUT2D eigenvalue weighted by Gasteiger charge is -2.37. The lowest BCUT2D eigenvalue weighted by molar-refractivity contribution is -0.169. The normalized spacial score (nSPS) is 25.0. The highest BCUT2D eigenvalue weighted by molar-refractivity contribution is 5.42. The van der Waals surface area contributed by atoms with Crippen molar-refractivity contribution >= 4 is 11.8 Å². The Morgan fingerprint density at radius 1 is 1.14 bits per heavy atom. The molecule has 0 bridgehead atoms. The van der Waals surface area contributed by atoms with E-state index >= 15 is 0 Å². The van der Waals surface area contributed by atoms with Gasteiger partial charge in [0.2, 0.25) is 5.95 Å². The van der Waals surface area contributed by atoms with Gasteiger partial charge in [-0.1, -0.05) is 12.8 Å². The number of hydrogen-bond donors (Lipinski definition) is 1. The minimum atomic E-state index is -0.337. The fourth-order valence-electron chi connectivity index (χ4n) is 3.69. The van der Waals surface area contributed by atoms with Crippen molar-refractivity contribution in [1.29, 1.82) is 0 Å². The molecule has 0 aromatic carbocycles. The average Bonchev–Trinajstić information content (AvgIpc) is 3.21. The molecule has 0 unspecified atom stereocenters. The molecule has 3 heterocycles. The first-order valence-electron chi connectivity index (χ1n) is 8.45. The molecule has 6 heteroatoms. The van der Waals surface area contributed by atoms with Crippen molar-refractivity contribution in [2.24, 2.45) is 0 Å². The van der Waals surface area contributed by atoms with Crippen LogP contribution in [0.2, 0.25) is 0 Å². The van der Waals surface area contributed by atoms with Crippen LogP contribution in [0.1, 0.15) is 38.5 Å². The third kappa shape index (κ3) is 2.90. The van der Waals surface area contributed by atoms with E-state index in [1.54, 1.807) is 0 Å².